The molecule has 0 N–H and O–H groups in total. The van der Waals surface area contributed by atoms with Crippen LogP contribution in [0.1, 0.15) is 26.2 Å². The molecule has 1 fully saturated rings. The van der Waals surface area contributed by atoms with Gasteiger partial charge in [0, 0.05) is 24.1 Å². The molecule has 0 unspecified atom stereocenters. The van der Waals surface area contributed by atoms with Gasteiger partial charge in [-0.3, -0.25) is 4.79 Å². The Bertz CT molecular complexity index is 693. The van der Waals surface area contributed by atoms with Crippen LogP contribution < -0.4 is 0 Å². The molecule has 2 heterocycles. The second kappa shape index (κ2) is 8.21. The Labute approximate surface area is 155 Å². The largest absolute Gasteiger partial charge is 0.342 e. The first-order valence-electron chi connectivity index (χ1n) is 8.41. The highest BCUT2D eigenvalue weighted by Gasteiger charge is 2.18. The highest BCUT2D eigenvalue weighted by molar-refractivity contribution is 9.10. The first-order chi connectivity index (χ1) is 11.7. The summed E-state index contributed by atoms with van der Waals surface area (Å²) in [6.45, 7) is 4.77. The van der Waals surface area contributed by atoms with Gasteiger partial charge in [0.15, 0.2) is 5.16 Å². The number of benzene rings is 1. The first kappa shape index (κ1) is 17.5. The van der Waals surface area contributed by atoms with Crippen molar-refractivity contribution in [3.05, 3.63) is 34.9 Å². The third-order valence-electron chi connectivity index (χ3n) is 4.31. The average Bonchev–Trinajstić information content (AvgIpc) is 3.04. The number of thioether (sulfide) groups is 1. The Morgan fingerprint density at radius 3 is 2.58 bits per heavy atom. The molecule has 2 aromatic rings. The third-order valence-corrected chi connectivity index (χ3v) is 5.81. The number of hydrogen-bond donors (Lipinski definition) is 0. The van der Waals surface area contributed by atoms with Gasteiger partial charge >= 0.3 is 0 Å². The first-order valence-corrected chi connectivity index (χ1v) is 10.2. The molecular weight excluding hydrogens is 386 g/mol. The number of hydrogen-bond acceptors (Lipinski definition) is 3. The number of amides is 1. The van der Waals surface area contributed by atoms with Crippen molar-refractivity contribution in [2.45, 2.75) is 37.9 Å². The molecule has 24 heavy (non-hydrogen) atoms. The number of rotatable bonds is 5. The number of imidazole rings is 1. The molecular formula is C18H22BrN3OS. The van der Waals surface area contributed by atoms with Crippen molar-refractivity contribution in [3.63, 3.8) is 0 Å². The van der Waals surface area contributed by atoms with E-state index < -0.39 is 0 Å². The fraction of sp³-hybridized carbons (Fsp3) is 0.444. The Balaban J connectivity index is 1.70. The van der Waals surface area contributed by atoms with Crippen LogP contribution in [0, 0.1) is 0 Å². The minimum atomic E-state index is 0.232. The van der Waals surface area contributed by atoms with Crippen molar-refractivity contribution in [2.24, 2.45) is 0 Å². The predicted octanol–water partition coefficient (Wildman–Crippen LogP) is 4.44. The Kier molecular flexibility index (Phi) is 6.00. The van der Waals surface area contributed by atoms with E-state index in [1.807, 2.05) is 23.2 Å². The lowest BCUT2D eigenvalue weighted by molar-refractivity contribution is -0.129. The highest BCUT2D eigenvalue weighted by atomic mass is 79.9. The van der Waals surface area contributed by atoms with Gasteiger partial charge in [0.2, 0.25) is 5.91 Å². The average molecular weight is 408 g/mol. The normalized spacial score (nSPS) is 14.8. The molecule has 3 rings (SSSR count). The van der Waals surface area contributed by atoms with Crippen molar-refractivity contribution in [1.29, 1.82) is 0 Å². The van der Waals surface area contributed by atoms with Gasteiger partial charge in [0.05, 0.1) is 17.6 Å². The molecule has 6 heteroatoms. The zero-order valence-electron chi connectivity index (χ0n) is 13.9. The molecule has 4 nitrogen and oxygen atoms in total. The van der Waals surface area contributed by atoms with Crippen LogP contribution in [0.2, 0.25) is 0 Å². The maximum absolute atomic E-state index is 12.3. The topological polar surface area (TPSA) is 38.1 Å². The number of carbonyl (C=O) groups is 1. The van der Waals surface area contributed by atoms with Crippen molar-refractivity contribution in [2.75, 3.05) is 18.8 Å². The second-order valence-corrected chi connectivity index (χ2v) is 7.77. The molecule has 1 aliphatic heterocycles. The van der Waals surface area contributed by atoms with Gasteiger partial charge in [-0.25, -0.2) is 4.98 Å². The van der Waals surface area contributed by atoms with E-state index in [4.69, 9.17) is 0 Å². The molecule has 0 aliphatic carbocycles. The molecule has 1 aromatic carbocycles. The van der Waals surface area contributed by atoms with Crippen LogP contribution in [0.5, 0.6) is 0 Å². The van der Waals surface area contributed by atoms with E-state index in [9.17, 15) is 4.79 Å². The van der Waals surface area contributed by atoms with E-state index in [1.165, 1.54) is 6.42 Å². The van der Waals surface area contributed by atoms with Crippen LogP contribution in [0.25, 0.3) is 11.3 Å². The van der Waals surface area contributed by atoms with E-state index in [2.05, 4.69) is 44.5 Å². The van der Waals surface area contributed by atoms with Crippen LogP contribution in [0.15, 0.2) is 40.1 Å². The Morgan fingerprint density at radius 2 is 1.92 bits per heavy atom. The molecule has 1 saturated heterocycles. The zero-order chi connectivity index (χ0) is 16.9. The number of nitrogens with zero attached hydrogens (tertiary/aromatic N) is 3. The maximum Gasteiger partial charge on any atom is 0.233 e. The van der Waals surface area contributed by atoms with Gasteiger partial charge in [-0.1, -0.05) is 39.8 Å². The zero-order valence-corrected chi connectivity index (χ0v) is 16.3. The lowest BCUT2D eigenvalue weighted by atomic mass is 10.1. The smallest absolute Gasteiger partial charge is 0.233 e. The van der Waals surface area contributed by atoms with Crippen LogP contribution in [0.3, 0.4) is 0 Å². The molecule has 0 atom stereocenters. The fourth-order valence-electron chi connectivity index (χ4n) is 2.99. The van der Waals surface area contributed by atoms with Gasteiger partial charge < -0.3 is 9.47 Å². The lowest BCUT2D eigenvalue weighted by Crippen LogP contribution is -2.36. The highest BCUT2D eigenvalue weighted by Crippen LogP contribution is 2.27. The second-order valence-electron chi connectivity index (χ2n) is 5.91. The summed E-state index contributed by atoms with van der Waals surface area (Å²) in [5.41, 5.74) is 2.24. The summed E-state index contributed by atoms with van der Waals surface area (Å²) in [5.74, 6) is 0.701. The van der Waals surface area contributed by atoms with Crippen LogP contribution >= 0.6 is 27.7 Å². The van der Waals surface area contributed by atoms with Gasteiger partial charge in [0.25, 0.3) is 0 Å². The SMILES string of the molecule is CCn1c(-c2ccc(Br)cc2)cnc1SCC(=O)N1CCCCC1. The monoisotopic (exact) mass is 407 g/mol. The van der Waals surface area contributed by atoms with Crippen LogP contribution in [-0.4, -0.2) is 39.2 Å². The van der Waals surface area contributed by atoms with E-state index >= 15 is 0 Å². The number of halogens is 1. The molecule has 1 amide bonds. The predicted molar refractivity (Wildman–Crippen MR) is 102 cm³/mol. The molecule has 0 spiro atoms. The summed E-state index contributed by atoms with van der Waals surface area (Å²) in [5, 5.41) is 0.917. The van der Waals surface area contributed by atoms with Gasteiger partial charge in [-0.05, 0) is 43.9 Å². The minimum Gasteiger partial charge on any atom is -0.342 e. The van der Waals surface area contributed by atoms with Gasteiger partial charge in [0.1, 0.15) is 0 Å². The van der Waals surface area contributed by atoms with Crippen LogP contribution in [0.4, 0.5) is 0 Å². The van der Waals surface area contributed by atoms with E-state index in [1.54, 1.807) is 11.8 Å². The minimum absolute atomic E-state index is 0.232. The van der Waals surface area contributed by atoms with Gasteiger partial charge in [-0.2, -0.15) is 0 Å². The summed E-state index contributed by atoms with van der Waals surface area (Å²) >= 11 is 5.01. The van der Waals surface area contributed by atoms with Gasteiger partial charge in [-0.15, -0.1) is 0 Å². The molecule has 0 radical (unpaired) electrons. The lowest BCUT2D eigenvalue weighted by Gasteiger charge is -2.26. The molecule has 128 valence electrons. The summed E-state index contributed by atoms with van der Waals surface area (Å²) < 4.78 is 3.24. The maximum atomic E-state index is 12.3. The summed E-state index contributed by atoms with van der Waals surface area (Å²) in [6, 6.07) is 8.24. The van der Waals surface area contributed by atoms with Crippen molar-refractivity contribution < 1.29 is 4.79 Å². The van der Waals surface area contributed by atoms with Crippen molar-refractivity contribution >= 4 is 33.6 Å². The van der Waals surface area contributed by atoms with Crippen molar-refractivity contribution in [3.8, 4) is 11.3 Å². The quantitative estimate of drug-likeness (QED) is 0.687. The summed E-state index contributed by atoms with van der Waals surface area (Å²) in [7, 11) is 0. The Hall–Kier alpha value is -1.27. The van der Waals surface area contributed by atoms with Crippen molar-refractivity contribution in [1.82, 2.24) is 14.5 Å². The molecule has 0 saturated carbocycles. The summed E-state index contributed by atoms with van der Waals surface area (Å²) in [4.78, 5) is 18.9. The molecule has 1 aromatic heterocycles. The Morgan fingerprint density at radius 1 is 1.21 bits per heavy atom. The molecule has 1 aliphatic rings. The van der Waals surface area contributed by atoms with E-state index in [0.29, 0.717) is 5.75 Å². The molecule has 0 bridgehead atoms. The standard InChI is InChI=1S/C18H22BrN3OS/c1-2-22-16(14-6-8-15(19)9-7-14)12-20-18(22)24-13-17(23)21-10-4-3-5-11-21/h6-9,12H,2-5,10-11,13H2,1H3. The van der Waals surface area contributed by atoms with E-state index in [-0.39, 0.29) is 5.91 Å². The fourth-order valence-corrected chi connectivity index (χ4v) is 4.20. The third kappa shape index (κ3) is 4.03. The van der Waals surface area contributed by atoms with Crippen LogP contribution in [-0.2, 0) is 11.3 Å². The number of likely N-dealkylation sites (tertiary alicyclic amines) is 1. The van der Waals surface area contributed by atoms with E-state index in [0.717, 1.165) is 53.4 Å². The summed E-state index contributed by atoms with van der Waals surface area (Å²) in [6.07, 6.45) is 5.41. The number of aromatic nitrogens is 2. The number of carbonyl (C=O) groups excluding carboxylic acids is 1. The number of piperidine rings is 1.